The predicted molar refractivity (Wildman–Crippen MR) is 94.9 cm³/mol. The van der Waals surface area contributed by atoms with Gasteiger partial charge in [-0.1, -0.05) is 59.6 Å². The van der Waals surface area contributed by atoms with Crippen LogP contribution in [0.5, 0.6) is 0 Å². The number of hydrogen-bond acceptors (Lipinski definition) is 2. The van der Waals surface area contributed by atoms with E-state index in [1.807, 2.05) is 18.2 Å². The SMILES string of the molecule is O=C(Nc1c(Cl)cccc1Cl)C1CCN(Cc2ccccc2)C1. The van der Waals surface area contributed by atoms with Crippen LogP contribution in [0, 0.1) is 5.92 Å². The molecule has 1 N–H and O–H groups in total. The summed E-state index contributed by atoms with van der Waals surface area (Å²) in [5.41, 5.74) is 1.77. The second kappa shape index (κ2) is 7.35. The molecular formula is C18H18Cl2N2O. The van der Waals surface area contributed by atoms with Crippen LogP contribution in [0.25, 0.3) is 0 Å². The smallest absolute Gasteiger partial charge is 0.228 e. The Labute approximate surface area is 146 Å². The molecule has 1 unspecified atom stereocenters. The molecule has 2 aromatic carbocycles. The number of benzene rings is 2. The Morgan fingerprint density at radius 2 is 1.78 bits per heavy atom. The van der Waals surface area contributed by atoms with Crippen molar-refractivity contribution in [3.05, 3.63) is 64.1 Å². The van der Waals surface area contributed by atoms with Gasteiger partial charge in [-0.2, -0.15) is 0 Å². The van der Waals surface area contributed by atoms with Gasteiger partial charge in [0, 0.05) is 13.1 Å². The molecule has 1 fully saturated rings. The van der Waals surface area contributed by atoms with Gasteiger partial charge in [0.2, 0.25) is 5.91 Å². The van der Waals surface area contributed by atoms with Crippen LogP contribution in [0.4, 0.5) is 5.69 Å². The molecule has 3 rings (SSSR count). The third kappa shape index (κ3) is 4.05. The fourth-order valence-electron chi connectivity index (χ4n) is 2.87. The highest BCUT2D eigenvalue weighted by molar-refractivity contribution is 6.39. The number of nitrogens with one attached hydrogen (secondary N) is 1. The van der Waals surface area contributed by atoms with Gasteiger partial charge in [-0.3, -0.25) is 9.69 Å². The van der Waals surface area contributed by atoms with Crippen LogP contribution >= 0.6 is 23.2 Å². The van der Waals surface area contributed by atoms with Crippen molar-refractivity contribution in [2.45, 2.75) is 13.0 Å². The molecule has 1 amide bonds. The summed E-state index contributed by atoms with van der Waals surface area (Å²) >= 11 is 12.2. The zero-order chi connectivity index (χ0) is 16.2. The molecule has 1 aliphatic heterocycles. The third-order valence-corrected chi connectivity index (χ3v) is 4.73. The normalized spacial score (nSPS) is 18.1. The number of para-hydroxylation sites is 1. The molecular weight excluding hydrogens is 331 g/mol. The lowest BCUT2D eigenvalue weighted by atomic mass is 10.1. The first kappa shape index (κ1) is 16.3. The molecule has 0 bridgehead atoms. The highest BCUT2D eigenvalue weighted by Crippen LogP contribution is 2.31. The van der Waals surface area contributed by atoms with Crippen molar-refractivity contribution in [2.24, 2.45) is 5.92 Å². The van der Waals surface area contributed by atoms with Gasteiger partial charge in [0.05, 0.1) is 21.7 Å². The van der Waals surface area contributed by atoms with E-state index < -0.39 is 0 Å². The van der Waals surface area contributed by atoms with Crippen molar-refractivity contribution in [3.63, 3.8) is 0 Å². The number of rotatable bonds is 4. The van der Waals surface area contributed by atoms with Gasteiger partial charge in [-0.25, -0.2) is 0 Å². The molecule has 0 aromatic heterocycles. The maximum Gasteiger partial charge on any atom is 0.228 e. The van der Waals surface area contributed by atoms with E-state index in [9.17, 15) is 4.79 Å². The standard InChI is InChI=1S/C18H18Cl2N2O/c19-15-7-4-8-16(20)17(15)21-18(23)14-9-10-22(12-14)11-13-5-2-1-3-6-13/h1-8,14H,9-12H2,(H,21,23). The van der Waals surface area contributed by atoms with Crippen LogP contribution in [0.1, 0.15) is 12.0 Å². The van der Waals surface area contributed by atoms with Crippen molar-refractivity contribution in [1.82, 2.24) is 4.90 Å². The van der Waals surface area contributed by atoms with E-state index in [1.54, 1.807) is 18.2 Å². The van der Waals surface area contributed by atoms with E-state index in [4.69, 9.17) is 23.2 Å². The number of amides is 1. The highest BCUT2D eigenvalue weighted by Gasteiger charge is 2.28. The zero-order valence-corrected chi connectivity index (χ0v) is 14.1. The van der Waals surface area contributed by atoms with E-state index >= 15 is 0 Å². The molecule has 0 saturated carbocycles. The average Bonchev–Trinajstić information content (AvgIpc) is 3.00. The van der Waals surface area contributed by atoms with Crippen LogP contribution < -0.4 is 5.32 Å². The molecule has 1 aliphatic rings. The van der Waals surface area contributed by atoms with E-state index in [-0.39, 0.29) is 11.8 Å². The lowest BCUT2D eigenvalue weighted by Crippen LogP contribution is -2.27. The van der Waals surface area contributed by atoms with Gasteiger partial charge < -0.3 is 5.32 Å². The van der Waals surface area contributed by atoms with Crippen molar-refractivity contribution in [1.29, 1.82) is 0 Å². The number of likely N-dealkylation sites (tertiary alicyclic amines) is 1. The van der Waals surface area contributed by atoms with Crippen molar-refractivity contribution >= 4 is 34.8 Å². The Balaban J connectivity index is 1.59. The van der Waals surface area contributed by atoms with Crippen LogP contribution in [0.15, 0.2) is 48.5 Å². The van der Waals surface area contributed by atoms with Crippen LogP contribution in [0.2, 0.25) is 10.0 Å². The minimum atomic E-state index is -0.0361. The molecule has 23 heavy (non-hydrogen) atoms. The Morgan fingerprint density at radius 3 is 2.48 bits per heavy atom. The summed E-state index contributed by atoms with van der Waals surface area (Å²) in [6.07, 6.45) is 0.848. The van der Waals surface area contributed by atoms with Gasteiger partial charge in [0.1, 0.15) is 0 Å². The summed E-state index contributed by atoms with van der Waals surface area (Å²) in [4.78, 5) is 14.8. The minimum absolute atomic E-state index is 0.0180. The minimum Gasteiger partial charge on any atom is -0.323 e. The Bertz CT molecular complexity index is 670. The molecule has 5 heteroatoms. The lowest BCUT2D eigenvalue weighted by molar-refractivity contribution is -0.119. The van der Waals surface area contributed by atoms with Crippen LogP contribution in [-0.2, 0) is 11.3 Å². The van der Waals surface area contributed by atoms with Gasteiger partial charge in [0.15, 0.2) is 0 Å². The number of halogens is 2. The van der Waals surface area contributed by atoms with E-state index in [0.717, 1.165) is 26.1 Å². The van der Waals surface area contributed by atoms with Crippen LogP contribution in [-0.4, -0.2) is 23.9 Å². The molecule has 2 aromatic rings. The molecule has 1 atom stereocenters. The highest BCUT2D eigenvalue weighted by atomic mass is 35.5. The average molecular weight is 349 g/mol. The third-order valence-electron chi connectivity index (χ3n) is 4.10. The summed E-state index contributed by atoms with van der Waals surface area (Å²) < 4.78 is 0. The maximum absolute atomic E-state index is 12.5. The number of carbonyl (C=O) groups excluding carboxylic acids is 1. The van der Waals surface area contributed by atoms with Crippen molar-refractivity contribution in [2.75, 3.05) is 18.4 Å². The summed E-state index contributed by atoms with van der Waals surface area (Å²) in [7, 11) is 0. The van der Waals surface area contributed by atoms with Gasteiger partial charge in [-0.05, 0) is 30.7 Å². The molecule has 1 heterocycles. The molecule has 3 nitrogen and oxygen atoms in total. The van der Waals surface area contributed by atoms with Gasteiger partial charge in [0.25, 0.3) is 0 Å². The Hall–Kier alpha value is -1.55. The van der Waals surface area contributed by atoms with E-state index in [1.165, 1.54) is 5.56 Å². The summed E-state index contributed by atoms with van der Waals surface area (Å²) in [5.74, 6) is -0.0541. The fraction of sp³-hybridized carbons (Fsp3) is 0.278. The van der Waals surface area contributed by atoms with E-state index in [2.05, 4.69) is 22.3 Å². The fourth-order valence-corrected chi connectivity index (χ4v) is 3.37. The van der Waals surface area contributed by atoms with E-state index in [0.29, 0.717) is 15.7 Å². The lowest BCUT2D eigenvalue weighted by Gasteiger charge is -2.16. The van der Waals surface area contributed by atoms with Gasteiger partial charge >= 0.3 is 0 Å². The maximum atomic E-state index is 12.5. The molecule has 0 radical (unpaired) electrons. The van der Waals surface area contributed by atoms with Crippen molar-refractivity contribution in [3.8, 4) is 0 Å². The molecule has 120 valence electrons. The first-order valence-corrected chi connectivity index (χ1v) is 8.40. The zero-order valence-electron chi connectivity index (χ0n) is 12.6. The Morgan fingerprint density at radius 1 is 1.09 bits per heavy atom. The summed E-state index contributed by atoms with van der Waals surface area (Å²) in [5, 5.41) is 3.80. The second-order valence-corrected chi connectivity index (χ2v) is 6.61. The quantitative estimate of drug-likeness (QED) is 0.884. The second-order valence-electron chi connectivity index (χ2n) is 5.79. The summed E-state index contributed by atoms with van der Waals surface area (Å²) in [6.45, 7) is 2.55. The number of nitrogens with zero attached hydrogens (tertiary/aromatic N) is 1. The Kier molecular flexibility index (Phi) is 5.21. The molecule has 0 aliphatic carbocycles. The molecule has 1 saturated heterocycles. The predicted octanol–water partition coefficient (Wildman–Crippen LogP) is 4.45. The summed E-state index contributed by atoms with van der Waals surface area (Å²) in [6, 6.07) is 15.5. The monoisotopic (exact) mass is 348 g/mol. The number of carbonyl (C=O) groups is 1. The van der Waals surface area contributed by atoms with Crippen LogP contribution in [0.3, 0.4) is 0 Å². The topological polar surface area (TPSA) is 32.3 Å². The number of hydrogen-bond donors (Lipinski definition) is 1. The number of anilines is 1. The molecule has 0 spiro atoms. The largest absolute Gasteiger partial charge is 0.323 e. The van der Waals surface area contributed by atoms with Gasteiger partial charge in [-0.15, -0.1) is 0 Å². The first-order chi connectivity index (χ1) is 11.1. The first-order valence-electron chi connectivity index (χ1n) is 7.64. The van der Waals surface area contributed by atoms with Crippen molar-refractivity contribution < 1.29 is 4.79 Å².